The van der Waals surface area contributed by atoms with Gasteiger partial charge in [-0.1, -0.05) is 6.58 Å². The number of aryl methyl sites for hydroxylation is 1. The minimum absolute atomic E-state index is 0.517. The largest absolute Gasteiger partial charge is 0.384 e. The quantitative estimate of drug-likeness (QED) is 0.775. The molecule has 2 aromatic rings. The number of nitrogens with two attached hydrogens (primary N) is 1. The van der Waals surface area contributed by atoms with Crippen molar-refractivity contribution < 1.29 is 0 Å². The van der Waals surface area contributed by atoms with E-state index >= 15 is 0 Å². The molecule has 0 aliphatic rings. The van der Waals surface area contributed by atoms with E-state index in [2.05, 4.69) is 16.6 Å². The average Bonchev–Trinajstić information content (AvgIpc) is 2.53. The van der Waals surface area contributed by atoms with Crippen LogP contribution < -0.4 is 5.73 Å². The van der Waals surface area contributed by atoms with Gasteiger partial charge in [0.25, 0.3) is 0 Å². The normalized spacial score (nSPS) is 11.4. The van der Waals surface area contributed by atoms with E-state index in [1.54, 1.807) is 19.2 Å². The second kappa shape index (κ2) is 3.81. The molecule has 82 valence electrons. The number of pyridine rings is 1. The van der Waals surface area contributed by atoms with Crippen LogP contribution in [0.3, 0.4) is 0 Å². The zero-order chi connectivity index (χ0) is 11.7. The van der Waals surface area contributed by atoms with Crippen molar-refractivity contribution in [2.45, 2.75) is 0 Å². The fourth-order valence-corrected chi connectivity index (χ4v) is 1.87. The van der Waals surface area contributed by atoms with Crippen LogP contribution in [0.5, 0.6) is 0 Å². The molecule has 0 saturated carbocycles. The number of anilines is 1. The van der Waals surface area contributed by atoms with Gasteiger partial charge in [0.1, 0.15) is 11.5 Å². The number of nitrogen functional groups attached to an aromatic ring is 1. The molecule has 2 rings (SSSR count). The molecule has 2 aromatic heterocycles. The summed E-state index contributed by atoms with van der Waals surface area (Å²) in [4.78, 5) is 8.37. The molecule has 4 nitrogen and oxygen atoms in total. The van der Waals surface area contributed by atoms with Crippen molar-refractivity contribution in [3.8, 4) is 0 Å². The Morgan fingerprint density at radius 3 is 2.88 bits per heavy atom. The Labute approximate surface area is 94.1 Å². The standard InChI is InChI=1S/C12H14N4/c1-4-10-9(7-14-2)8-5-6-11(13)15-12(8)16(10)3/h4-7H,1H2,2-3H3,(H2,13,15). The molecule has 0 saturated heterocycles. The van der Waals surface area contributed by atoms with Gasteiger partial charge >= 0.3 is 0 Å². The van der Waals surface area contributed by atoms with Crippen molar-refractivity contribution >= 4 is 29.1 Å². The lowest BCUT2D eigenvalue weighted by Crippen LogP contribution is -1.95. The maximum absolute atomic E-state index is 5.68. The van der Waals surface area contributed by atoms with Gasteiger partial charge in [-0.05, 0) is 18.2 Å². The smallest absolute Gasteiger partial charge is 0.143 e. The summed E-state index contributed by atoms with van der Waals surface area (Å²) in [6.45, 7) is 3.81. The lowest BCUT2D eigenvalue weighted by molar-refractivity contribution is 0.936. The van der Waals surface area contributed by atoms with E-state index in [1.165, 1.54) is 0 Å². The van der Waals surface area contributed by atoms with E-state index in [9.17, 15) is 0 Å². The zero-order valence-electron chi connectivity index (χ0n) is 9.44. The van der Waals surface area contributed by atoms with E-state index in [1.807, 2.05) is 23.9 Å². The predicted molar refractivity (Wildman–Crippen MR) is 68.7 cm³/mol. The van der Waals surface area contributed by atoms with Crippen molar-refractivity contribution in [1.82, 2.24) is 9.55 Å². The number of rotatable bonds is 2. The van der Waals surface area contributed by atoms with Crippen molar-refractivity contribution in [2.24, 2.45) is 12.0 Å². The Bertz CT molecular complexity index is 578. The summed E-state index contributed by atoms with van der Waals surface area (Å²) in [5, 5.41) is 1.04. The summed E-state index contributed by atoms with van der Waals surface area (Å²) in [5.41, 5.74) is 8.56. The summed E-state index contributed by atoms with van der Waals surface area (Å²) >= 11 is 0. The lowest BCUT2D eigenvalue weighted by Gasteiger charge is -1.98. The van der Waals surface area contributed by atoms with Crippen LogP contribution in [0.4, 0.5) is 5.82 Å². The number of fused-ring (bicyclic) bond motifs is 1. The van der Waals surface area contributed by atoms with E-state index in [0.29, 0.717) is 5.82 Å². The number of aliphatic imine (C=N–C) groups is 1. The molecule has 0 unspecified atom stereocenters. The Kier molecular flexibility index (Phi) is 2.48. The molecular formula is C12H14N4. The summed E-state index contributed by atoms with van der Waals surface area (Å²) in [7, 11) is 3.69. The Balaban J connectivity index is 2.91. The van der Waals surface area contributed by atoms with Crippen LogP contribution in [0.1, 0.15) is 11.3 Å². The highest BCUT2D eigenvalue weighted by molar-refractivity contribution is 6.02. The van der Waals surface area contributed by atoms with Crippen molar-refractivity contribution in [3.05, 3.63) is 30.0 Å². The van der Waals surface area contributed by atoms with Crippen molar-refractivity contribution in [3.63, 3.8) is 0 Å². The highest BCUT2D eigenvalue weighted by Gasteiger charge is 2.12. The molecule has 0 aliphatic heterocycles. The van der Waals surface area contributed by atoms with Gasteiger partial charge in [-0.15, -0.1) is 0 Å². The molecule has 0 radical (unpaired) electrons. The second-order valence-electron chi connectivity index (χ2n) is 3.56. The third-order valence-electron chi connectivity index (χ3n) is 2.59. The molecule has 2 N–H and O–H groups in total. The van der Waals surface area contributed by atoms with E-state index < -0.39 is 0 Å². The maximum atomic E-state index is 5.68. The van der Waals surface area contributed by atoms with Crippen LogP contribution in [-0.4, -0.2) is 22.8 Å². The van der Waals surface area contributed by atoms with Crippen LogP contribution in [0.15, 0.2) is 23.7 Å². The monoisotopic (exact) mass is 214 g/mol. The molecule has 16 heavy (non-hydrogen) atoms. The third kappa shape index (κ3) is 1.39. The van der Waals surface area contributed by atoms with E-state index in [0.717, 1.165) is 22.3 Å². The highest BCUT2D eigenvalue weighted by atomic mass is 15.0. The highest BCUT2D eigenvalue weighted by Crippen LogP contribution is 2.24. The van der Waals surface area contributed by atoms with Gasteiger partial charge < -0.3 is 10.3 Å². The fourth-order valence-electron chi connectivity index (χ4n) is 1.87. The first kappa shape index (κ1) is 10.4. The van der Waals surface area contributed by atoms with Gasteiger partial charge in [0.15, 0.2) is 0 Å². The van der Waals surface area contributed by atoms with Crippen LogP contribution in [0.25, 0.3) is 17.1 Å². The van der Waals surface area contributed by atoms with Gasteiger partial charge in [0, 0.05) is 31.3 Å². The van der Waals surface area contributed by atoms with Crippen LogP contribution in [0.2, 0.25) is 0 Å². The average molecular weight is 214 g/mol. The molecule has 0 atom stereocenters. The van der Waals surface area contributed by atoms with E-state index in [4.69, 9.17) is 5.73 Å². The summed E-state index contributed by atoms with van der Waals surface area (Å²) in [6, 6.07) is 3.75. The first-order chi connectivity index (χ1) is 7.69. The van der Waals surface area contributed by atoms with Crippen molar-refractivity contribution in [1.29, 1.82) is 0 Å². The Morgan fingerprint density at radius 2 is 2.25 bits per heavy atom. The predicted octanol–water partition coefficient (Wildman–Crippen LogP) is 1.85. The summed E-state index contributed by atoms with van der Waals surface area (Å²) in [6.07, 6.45) is 3.62. The van der Waals surface area contributed by atoms with E-state index in [-0.39, 0.29) is 0 Å². The molecule has 4 heteroatoms. The fraction of sp³-hybridized carbons (Fsp3) is 0.167. The van der Waals surface area contributed by atoms with Gasteiger partial charge in [0.2, 0.25) is 0 Å². The third-order valence-corrected chi connectivity index (χ3v) is 2.59. The minimum Gasteiger partial charge on any atom is -0.384 e. The Hall–Kier alpha value is -2.10. The first-order valence-corrected chi connectivity index (χ1v) is 4.98. The minimum atomic E-state index is 0.517. The zero-order valence-corrected chi connectivity index (χ0v) is 9.44. The molecule has 0 fully saturated rings. The number of hydrogen-bond donors (Lipinski definition) is 1. The lowest BCUT2D eigenvalue weighted by atomic mass is 10.2. The van der Waals surface area contributed by atoms with Crippen LogP contribution in [-0.2, 0) is 7.05 Å². The first-order valence-electron chi connectivity index (χ1n) is 4.98. The topological polar surface area (TPSA) is 56.2 Å². The molecule has 2 heterocycles. The van der Waals surface area contributed by atoms with Gasteiger partial charge in [-0.3, -0.25) is 4.99 Å². The molecule has 0 aromatic carbocycles. The number of aromatic nitrogens is 2. The summed E-state index contributed by atoms with van der Waals surface area (Å²) < 4.78 is 1.97. The Morgan fingerprint density at radius 1 is 1.50 bits per heavy atom. The second-order valence-corrected chi connectivity index (χ2v) is 3.56. The molecule has 0 spiro atoms. The molecule has 0 amide bonds. The molecule has 0 aliphatic carbocycles. The number of hydrogen-bond acceptors (Lipinski definition) is 3. The number of nitrogens with zero attached hydrogens (tertiary/aromatic N) is 3. The molecule has 0 bridgehead atoms. The van der Waals surface area contributed by atoms with Gasteiger partial charge in [0.05, 0.1) is 5.69 Å². The van der Waals surface area contributed by atoms with Crippen molar-refractivity contribution in [2.75, 3.05) is 12.8 Å². The van der Waals surface area contributed by atoms with Crippen LogP contribution in [0, 0.1) is 0 Å². The van der Waals surface area contributed by atoms with Gasteiger partial charge in [-0.25, -0.2) is 4.98 Å². The summed E-state index contributed by atoms with van der Waals surface area (Å²) in [5.74, 6) is 0.517. The van der Waals surface area contributed by atoms with Crippen LogP contribution >= 0.6 is 0 Å². The maximum Gasteiger partial charge on any atom is 0.143 e. The van der Waals surface area contributed by atoms with Gasteiger partial charge in [-0.2, -0.15) is 0 Å². The SMILES string of the molecule is C=Cc1c(C=NC)c2ccc(N)nc2n1C. The molecular weight excluding hydrogens is 200 g/mol.